The Morgan fingerprint density at radius 1 is 1.35 bits per heavy atom. The lowest BCUT2D eigenvalue weighted by molar-refractivity contribution is -0.0272. The van der Waals surface area contributed by atoms with Gasteiger partial charge in [-0.05, 0) is 12.3 Å². The highest BCUT2D eigenvalue weighted by Gasteiger charge is 2.72. The normalized spacial score (nSPS) is 39.1. The number of rotatable bonds is 2. The molecule has 8 heteroatoms. The van der Waals surface area contributed by atoms with Gasteiger partial charge in [-0.2, -0.15) is 0 Å². The van der Waals surface area contributed by atoms with Crippen LogP contribution in [-0.2, 0) is 5.54 Å². The third-order valence-corrected chi connectivity index (χ3v) is 4.84. The molecule has 0 saturated heterocycles. The zero-order chi connectivity index (χ0) is 14.1. The minimum Gasteiger partial charge on any atom is -0.396 e. The number of aliphatic hydroxyl groups excluding tert-OH is 3. The molecule has 8 nitrogen and oxygen atoms in total. The first kappa shape index (κ1) is 12.0. The van der Waals surface area contributed by atoms with E-state index in [9.17, 15) is 15.3 Å². The summed E-state index contributed by atoms with van der Waals surface area (Å²) in [7, 11) is 0. The van der Waals surface area contributed by atoms with Crippen molar-refractivity contribution in [2.45, 2.75) is 24.2 Å². The molecule has 106 valence electrons. The molecular formula is C12H15N5O3. The van der Waals surface area contributed by atoms with Gasteiger partial charge in [0.15, 0.2) is 11.5 Å². The molecule has 0 spiro atoms. The Labute approximate surface area is 113 Å². The summed E-state index contributed by atoms with van der Waals surface area (Å²) in [5.41, 5.74) is 6.16. The van der Waals surface area contributed by atoms with Crippen LogP contribution < -0.4 is 5.73 Å². The quantitative estimate of drug-likeness (QED) is 0.523. The van der Waals surface area contributed by atoms with Gasteiger partial charge in [-0.3, -0.25) is 0 Å². The maximum absolute atomic E-state index is 10.4. The number of nitrogen functional groups attached to an aromatic ring is 1. The number of nitrogens with two attached hydrogens (primary N) is 1. The van der Waals surface area contributed by atoms with Crippen molar-refractivity contribution in [1.82, 2.24) is 19.5 Å². The molecule has 0 aromatic carbocycles. The largest absolute Gasteiger partial charge is 0.396 e. The van der Waals surface area contributed by atoms with E-state index in [2.05, 4.69) is 15.0 Å². The lowest BCUT2D eigenvalue weighted by Gasteiger charge is -2.23. The van der Waals surface area contributed by atoms with Gasteiger partial charge in [0.25, 0.3) is 0 Å². The Bertz CT molecular complexity index is 689. The van der Waals surface area contributed by atoms with Crippen LogP contribution in [0.25, 0.3) is 11.2 Å². The molecule has 4 rings (SSSR count). The third kappa shape index (κ3) is 1.19. The van der Waals surface area contributed by atoms with Crippen molar-refractivity contribution in [3.05, 3.63) is 12.7 Å². The third-order valence-electron chi connectivity index (χ3n) is 4.84. The van der Waals surface area contributed by atoms with E-state index in [0.717, 1.165) is 0 Å². The molecule has 2 aromatic rings. The number of aromatic nitrogens is 4. The Hall–Kier alpha value is -1.77. The molecule has 2 fully saturated rings. The number of anilines is 1. The van der Waals surface area contributed by atoms with Crippen LogP contribution >= 0.6 is 0 Å². The molecule has 2 heterocycles. The summed E-state index contributed by atoms with van der Waals surface area (Å²) in [6.07, 6.45) is 1.73. The van der Waals surface area contributed by atoms with Gasteiger partial charge < -0.3 is 25.6 Å². The van der Waals surface area contributed by atoms with E-state index in [1.807, 2.05) is 0 Å². The maximum atomic E-state index is 10.4. The molecule has 0 amide bonds. The fourth-order valence-corrected chi connectivity index (χ4v) is 3.74. The van der Waals surface area contributed by atoms with Crippen molar-refractivity contribution in [3.8, 4) is 0 Å². The molecule has 0 aliphatic heterocycles. The van der Waals surface area contributed by atoms with E-state index in [0.29, 0.717) is 17.6 Å². The first-order chi connectivity index (χ1) is 9.61. The second kappa shape index (κ2) is 3.66. The van der Waals surface area contributed by atoms with Crippen molar-refractivity contribution in [2.75, 3.05) is 12.3 Å². The van der Waals surface area contributed by atoms with Crippen LogP contribution in [0.15, 0.2) is 12.7 Å². The van der Waals surface area contributed by atoms with Crippen LogP contribution in [0.2, 0.25) is 0 Å². The average Bonchev–Trinajstić information content (AvgIpc) is 2.93. The summed E-state index contributed by atoms with van der Waals surface area (Å²) in [6.45, 7) is -0.144. The fraction of sp³-hybridized carbons (Fsp3) is 0.583. The van der Waals surface area contributed by atoms with Crippen molar-refractivity contribution < 1.29 is 15.3 Å². The maximum Gasteiger partial charge on any atom is 0.166 e. The van der Waals surface area contributed by atoms with Crippen LogP contribution in [-0.4, -0.2) is 53.7 Å². The Morgan fingerprint density at radius 3 is 2.85 bits per heavy atom. The second-order valence-corrected chi connectivity index (χ2v) is 5.63. The number of hydrogen-bond donors (Lipinski definition) is 4. The first-order valence-corrected chi connectivity index (χ1v) is 6.52. The lowest BCUT2D eigenvalue weighted by Crippen LogP contribution is -2.38. The standard InChI is InChI=1S/C12H15N5O3/c13-10-7-11(15-3-14-10)17(4-16-7)12-1-6(12)5(2-18)8(19)9(12)20/h3-6,8-9,18-20H,1-2H2,(H2,13,14,15)/t5-,6-,8+,9+,12-/m0/s1. The Kier molecular flexibility index (Phi) is 2.20. The molecule has 0 bridgehead atoms. The van der Waals surface area contributed by atoms with E-state index in [1.165, 1.54) is 6.33 Å². The Morgan fingerprint density at radius 2 is 2.15 bits per heavy atom. The van der Waals surface area contributed by atoms with Crippen LogP contribution in [0.3, 0.4) is 0 Å². The fourth-order valence-electron chi connectivity index (χ4n) is 3.74. The molecule has 2 aliphatic rings. The van der Waals surface area contributed by atoms with E-state index < -0.39 is 17.7 Å². The predicted molar refractivity (Wildman–Crippen MR) is 68.4 cm³/mol. The van der Waals surface area contributed by atoms with Gasteiger partial charge in [-0.15, -0.1) is 0 Å². The van der Waals surface area contributed by atoms with Crippen molar-refractivity contribution in [1.29, 1.82) is 0 Å². The number of fused-ring (bicyclic) bond motifs is 2. The monoisotopic (exact) mass is 277 g/mol. The molecule has 5 N–H and O–H groups in total. The van der Waals surface area contributed by atoms with E-state index >= 15 is 0 Å². The van der Waals surface area contributed by atoms with Gasteiger partial charge in [-0.1, -0.05) is 0 Å². The van der Waals surface area contributed by atoms with E-state index in [1.54, 1.807) is 10.9 Å². The van der Waals surface area contributed by atoms with Crippen molar-refractivity contribution in [3.63, 3.8) is 0 Å². The molecular weight excluding hydrogens is 262 g/mol. The summed E-state index contributed by atoms with van der Waals surface area (Å²) in [5.74, 6) is -0.0122. The smallest absolute Gasteiger partial charge is 0.166 e. The van der Waals surface area contributed by atoms with Gasteiger partial charge in [0.2, 0.25) is 0 Å². The molecule has 0 unspecified atom stereocenters. The van der Waals surface area contributed by atoms with Crippen LogP contribution in [0, 0.1) is 11.8 Å². The second-order valence-electron chi connectivity index (χ2n) is 5.63. The number of imidazole rings is 1. The summed E-state index contributed by atoms with van der Waals surface area (Å²) in [4.78, 5) is 12.3. The highest BCUT2D eigenvalue weighted by molar-refractivity contribution is 5.81. The lowest BCUT2D eigenvalue weighted by atomic mass is 10.0. The number of nitrogens with zero attached hydrogens (tertiary/aromatic N) is 4. The van der Waals surface area contributed by atoms with Crippen LogP contribution in [0.1, 0.15) is 6.42 Å². The number of aliphatic hydroxyl groups is 3. The average molecular weight is 277 g/mol. The number of hydrogen-bond acceptors (Lipinski definition) is 7. The molecule has 20 heavy (non-hydrogen) atoms. The predicted octanol–water partition coefficient (Wildman–Crippen LogP) is -1.53. The summed E-state index contributed by atoms with van der Waals surface area (Å²) in [6, 6.07) is 0. The van der Waals surface area contributed by atoms with Gasteiger partial charge in [0.1, 0.15) is 17.9 Å². The molecule has 5 atom stereocenters. The topological polar surface area (TPSA) is 130 Å². The highest BCUT2D eigenvalue weighted by atomic mass is 16.3. The van der Waals surface area contributed by atoms with Gasteiger partial charge >= 0.3 is 0 Å². The summed E-state index contributed by atoms with van der Waals surface area (Å²) < 4.78 is 1.77. The molecule has 0 radical (unpaired) electrons. The van der Waals surface area contributed by atoms with Crippen molar-refractivity contribution in [2.24, 2.45) is 11.8 Å². The van der Waals surface area contributed by atoms with Crippen molar-refractivity contribution >= 4 is 17.0 Å². The molecule has 2 saturated carbocycles. The summed E-state index contributed by atoms with van der Waals surface area (Å²) >= 11 is 0. The molecule has 2 aliphatic carbocycles. The first-order valence-electron chi connectivity index (χ1n) is 6.52. The van der Waals surface area contributed by atoms with Crippen LogP contribution in [0.5, 0.6) is 0 Å². The zero-order valence-corrected chi connectivity index (χ0v) is 10.6. The van der Waals surface area contributed by atoms with E-state index in [-0.39, 0.29) is 24.3 Å². The zero-order valence-electron chi connectivity index (χ0n) is 10.6. The summed E-state index contributed by atoms with van der Waals surface area (Å²) in [5, 5.41) is 29.8. The minimum atomic E-state index is -0.946. The SMILES string of the molecule is Nc1ncnc2c1ncn2[C@@]12C[C@H]1[C@H](CO)[C@@H](O)[C@H]2O. The van der Waals surface area contributed by atoms with Gasteiger partial charge in [0.05, 0.1) is 18.0 Å². The van der Waals surface area contributed by atoms with Gasteiger partial charge in [0, 0.05) is 12.5 Å². The Balaban J connectivity index is 1.87. The van der Waals surface area contributed by atoms with Gasteiger partial charge in [-0.25, -0.2) is 15.0 Å². The van der Waals surface area contributed by atoms with E-state index in [4.69, 9.17) is 5.73 Å². The highest BCUT2D eigenvalue weighted by Crippen LogP contribution is 2.64. The minimum absolute atomic E-state index is 0.0195. The molecule has 2 aromatic heterocycles. The van der Waals surface area contributed by atoms with Crippen LogP contribution in [0.4, 0.5) is 5.82 Å².